The third kappa shape index (κ3) is 3.99. The fraction of sp³-hybridized carbons (Fsp3) is 0.500. The lowest BCUT2D eigenvalue weighted by molar-refractivity contribution is 0.372. The molecule has 3 nitrogen and oxygen atoms in total. The van der Waals surface area contributed by atoms with Crippen LogP contribution < -0.4 is 0 Å². The van der Waals surface area contributed by atoms with E-state index in [-0.39, 0.29) is 10.9 Å². The molecule has 0 aliphatic heterocycles. The molecule has 0 fully saturated rings. The Labute approximate surface area is 103 Å². The molecule has 0 N–H and O–H groups in total. The second kappa shape index (κ2) is 6.58. The van der Waals surface area contributed by atoms with Crippen LogP contribution in [0.2, 0.25) is 0 Å². The van der Waals surface area contributed by atoms with Crippen LogP contribution in [-0.2, 0) is 10.0 Å². The molecule has 0 aliphatic carbocycles. The lowest BCUT2D eigenvalue weighted by atomic mass is 10.4. The second-order valence-electron chi connectivity index (χ2n) is 3.71. The van der Waals surface area contributed by atoms with Crippen molar-refractivity contribution in [3.05, 3.63) is 22.9 Å². The highest BCUT2D eigenvalue weighted by Crippen LogP contribution is 2.20. The summed E-state index contributed by atoms with van der Waals surface area (Å²) in [7, 11) is -3.76. The highest BCUT2D eigenvalue weighted by atomic mass is 32.2. The zero-order chi connectivity index (χ0) is 13.6. The van der Waals surface area contributed by atoms with Gasteiger partial charge in [-0.25, -0.2) is 12.8 Å². The third-order valence-electron chi connectivity index (χ3n) is 2.25. The smallest absolute Gasteiger partial charge is 0.207 e. The maximum atomic E-state index is 13.5. The van der Waals surface area contributed by atoms with E-state index in [4.69, 9.17) is 6.42 Å². The van der Waals surface area contributed by atoms with Gasteiger partial charge in [-0.05, 0) is 32.9 Å². The number of hydrogen-bond donors (Lipinski definition) is 0. The Morgan fingerprint density at radius 2 is 2.06 bits per heavy atom. The minimum Gasteiger partial charge on any atom is -0.207 e. The van der Waals surface area contributed by atoms with Gasteiger partial charge in [-0.2, -0.15) is 4.31 Å². The van der Waals surface area contributed by atoms with E-state index in [1.165, 1.54) is 11.2 Å². The third-order valence-corrected chi connectivity index (χ3v) is 4.51. The van der Waals surface area contributed by atoms with Gasteiger partial charge in [0, 0.05) is 12.6 Å². The number of hydrogen-bond acceptors (Lipinski definition) is 2. The van der Waals surface area contributed by atoms with E-state index in [1.54, 1.807) is 20.8 Å². The molecule has 0 aliphatic rings. The van der Waals surface area contributed by atoms with Crippen LogP contribution in [0.1, 0.15) is 27.7 Å². The Bertz CT molecular complexity index is 455. The summed E-state index contributed by atoms with van der Waals surface area (Å²) in [6.07, 6.45) is 7.03. The molecule has 0 amide bonds. The molecule has 0 bridgehead atoms. The van der Waals surface area contributed by atoms with Crippen LogP contribution >= 0.6 is 0 Å². The van der Waals surface area contributed by atoms with Crippen molar-refractivity contribution < 1.29 is 12.8 Å². The minimum atomic E-state index is -3.76. The number of nitrogens with zero attached hydrogens (tertiary/aromatic N) is 1. The molecular weight excluding hydrogens is 241 g/mol. The zero-order valence-corrected chi connectivity index (χ0v) is 11.4. The molecule has 17 heavy (non-hydrogen) atoms. The highest BCUT2D eigenvalue weighted by molar-refractivity contribution is 7.93. The van der Waals surface area contributed by atoms with Gasteiger partial charge in [0.1, 0.15) is 5.83 Å². The van der Waals surface area contributed by atoms with Crippen molar-refractivity contribution in [2.75, 3.05) is 6.54 Å². The standard InChI is InChI=1S/C12H18FNO2S/c1-6-8-9-12(13)11(5)17(15,16)14(7-2)10(3)4/h1,8-10H,7H2,2-5H3/b9-8-,12-11-. The predicted molar refractivity (Wildman–Crippen MR) is 68.2 cm³/mol. The summed E-state index contributed by atoms with van der Waals surface area (Å²) in [5, 5.41) is 0. The molecule has 0 heterocycles. The topological polar surface area (TPSA) is 37.4 Å². The van der Waals surface area contributed by atoms with E-state index in [2.05, 4.69) is 5.92 Å². The second-order valence-corrected chi connectivity index (χ2v) is 5.74. The molecule has 0 aromatic heterocycles. The van der Waals surface area contributed by atoms with Crippen molar-refractivity contribution in [1.29, 1.82) is 0 Å². The van der Waals surface area contributed by atoms with Crippen molar-refractivity contribution in [3.8, 4) is 12.3 Å². The van der Waals surface area contributed by atoms with Crippen molar-refractivity contribution in [1.82, 2.24) is 4.31 Å². The number of sulfonamides is 1. The molecule has 0 spiro atoms. The fourth-order valence-electron chi connectivity index (χ4n) is 1.35. The van der Waals surface area contributed by atoms with Crippen LogP contribution in [0.15, 0.2) is 22.9 Å². The Morgan fingerprint density at radius 1 is 1.53 bits per heavy atom. The van der Waals surface area contributed by atoms with Gasteiger partial charge in [-0.3, -0.25) is 0 Å². The first-order chi connectivity index (χ1) is 7.78. The quantitative estimate of drug-likeness (QED) is 0.562. The van der Waals surface area contributed by atoms with Crippen LogP contribution in [0.25, 0.3) is 0 Å². The molecule has 0 atom stereocenters. The fourth-order valence-corrected chi connectivity index (χ4v) is 2.91. The van der Waals surface area contributed by atoms with Gasteiger partial charge in [-0.15, -0.1) is 6.42 Å². The molecule has 0 unspecified atom stereocenters. The van der Waals surface area contributed by atoms with E-state index >= 15 is 0 Å². The van der Waals surface area contributed by atoms with Crippen LogP contribution in [0.5, 0.6) is 0 Å². The average molecular weight is 259 g/mol. The van der Waals surface area contributed by atoms with Gasteiger partial charge in [0.15, 0.2) is 0 Å². The number of allylic oxidation sites excluding steroid dienone is 4. The van der Waals surface area contributed by atoms with Crippen LogP contribution in [0, 0.1) is 12.3 Å². The molecule has 0 aromatic rings. The number of halogens is 1. The van der Waals surface area contributed by atoms with Gasteiger partial charge in [-0.1, -0.05) is 12.8 Å². The van der Waals surface area contributed by atoms with Crippen molar-refractivity contribution in [2.24, 2.45) is 0 Å². The summed E-state index contributed by atoms with van der Waals surface area (Å²) in [4.78, 5) is -0.320. The maximum Gasteiger partial charge on any atom is 0.242 e. The van der Waals surface area contributed by atoms with E-state index < -0.39 is 15.9 Å². The van der Waals surface area contributed by atoms with Crippen LogP contribution in [0.3, 0.4) is 0 Å². The van der Waals surface area contributed by atoms with Gasteiger partial charge in [0.25, 0.3) is 0 Å². The summed E-state index contributed by atoms with van der Waals surface area (Å²) in [5.41, 5.74) is 0. The van der Waals surface area contributed by atoms with Crippen molar-refractivity contribution in [2.45, 2.75) is 33.7 Å². The van der Waals surface area contributed by atoms with Gasteiger partial charge in [0.05, 0.1) is 4.91 Å². The van der Waals surface area contributed by atoms with Gasteiger partial charge < -0.3 is 0 Å². The van der Waals surface area contributed by atoms with Crippen molar-refractivity contribution >= 4 is 10.0 Å². The highest BCUT2D eigenvalue weighted by Gasteiger charge is 2.27. The zero-order valence-electron chi connectivity index (χ0n) is 10.6. The molecule has 0 saturated carbocycles. The Kier molecular flexibility index (Phi) is 6.14. The summed E-state index contributed by atoms with van der Waals surface area (Å²) >= 11 is 0. The molecule has 0 aromatic carbocycles. The summed E-state index contributed by atoms with van der Waals surface area (Å²) < 4.78 is 38.9. The Hall–Kier alpha value is -1.12. The first kappa shape index (κ1) is 15.9. The van der Waals surface area contributed by atoms with Crippen LogP contribution in [-0.4, -0.2) is 25.3 Å². The predicted octanol–water partition coefficient (Wildman–Crippen LogP) is 2.44. The summed E-state index contributed by atoms with van der Waals surface area (Å²) in [6, 6.07) is -0.218. The molecule has 96 valence electrons. The van der Waals surface area contributed by atoms with E-state index in [0.29, 0.717) is 6.54 Å². The van der Waals surface area contributed by atoms with E-state index in [1.807, 2.05) is 0 Å². The summed E-state index contributed by atoms with van der Waals surface area (Å²) in [6.45, 7) is 6.72. The first-order valence-electron chi connectivity index (χ1n) is 5.29. The monoisotopic (exact) mass is 259 g/mol. The lowest BCUT2D eigenvalue weighted by Crippen LogP contribution is -2.37. The molecule has 0 rings (SSSR count). The number of terminal acetylenes is 1. The normalized spacial score (nSPS) is 14.2. The van der Waals surface area contributed by atoms with Crippen molar-refractivity contribution in [3.63, 3.8) is 0 Å². The maximum absolute atomic E-state index is 13.5. The summed E-state index contributed by atoms with van der Waals surface area (Å²) in [5.74, 6) is 1.28. The van der Waals surface area contributed by atoms with E-state index in [9.17, 15) is 12.8 Å². The van der Waals surface area contributed by atoms with Crippen LogP contribution in [0.4, 0.5) is 4.39 Å². The first-order valence-corrected chi connectivity index (χ1v) is 6.73. The van der Waals surface area contributed by atoms with Gasteiger partial charge >= 0.3 is 0 Å². The molecule has 5 heteroatoms. The largest absolute Gasteiger partial charge is 0.242 e. The Morgan fingerprint density at radius 3 is 2.41 bits per heavy atom. The SMILES string of the molecule is C#C/C=C\C(F)=C(/C)S(=O)(=O)N(CC)C(C)C. The van der Waals surface area contributed by atoms with Gasteiger partial charge in [0.2, 0.25) is 10.0 Å². The minimum absolute atomic E-state index is 0.218. The average Bonchev–Trinajstić information content (AvgIpc) is 2.24. The molecule has 0 saturated heterocycles. The lowest BCUT2D eigenvalue weighted by Gasteiger charge is -2.24. The number of rotatable bonds is 5. The molecular formula is C12H18FNO2S. The molecule has 0 radical (unpaired) electrons. The van der Waals surface area contributed by atoms with E-state index in [0.717, 1.165) is 12.2 Å². The Balaban J connectivity index is 5.48.